The summed E-state index contributed by atoms with van der Waals surface area (Å²) in [6, 6.07) is 6.90. The summed E-state index contributed by atoms with van der Waals surface area (Å²) in [6.45, 7) is 2.16. The molecule has 0 spiro atoms. The average molecular weight is 335 g/mol. The van der Waals surface area contributed by atoms with Gasteiger partial charge in [0.2, 0.25) is 5.91 Å². The molecule has 1 aromatic carbocycles. The van der Waals surface area contributed by atoms with Crippen LogP contribution in [0.2, 0.25) is 0 Å². The van der Waals surface area contributed by atoms with Crippen molar-refractivity contribution < 1.29 is 28.6 Å². The molecular formula is C17H21NO6. The van der Waals surface area contributed by atoms with Crippen molar-refractivity contribution in [2.45, 2.75) is 50.9 Å². The molecule has 7 nitrogen and oxygen atoms in total. The zero-order valence-corrected chi connectivity index (χ0v) is 13.5. The molecule has 1 N–H and O–H groups in total. The molecule has 1 aliphatic rings. The first-order valence-electron chi connectivity index (χ1n) is 7.86. The van der Waals surface area contributed by atoms with E-state index in [0.717, 1.165) is 12.8 Å². The van der Waals surface area contributed by atoms with E-state index in [-0.39, 0.29) is 5.91 Å². The van der Waals surface area contributed by atoms with Gasteiger partial charge in [-0.3, -0.25) is 14.4 Å². The third-order valence-electron chi connectivity index (χ3n) is 3.87. The predicted molar refractivity (Wildman–Crippen MR) is 85.5 cm³/mol. The highest BCUT2D eigenvalue weighted by molar-refractivity contribution is 5.88. The van der Waals surface area contributed by atoms with Gasteiger partial charge in [-0.2, -0.15) is 0 Å². The normalized spacial score (nSPS) is 23.5. The fourth-order valence-corrected chi connectivity index (χ4v) is 2.84. The summed E-state index contributed by atoms with van der Waals surface area (Å²) in [5.41, 5.74) is 0.665. The number of nitrogens with one attached hydrogen (secondary N) is 1. The zero-order valence-electron chi connectivity index (χ0n) is 13.5. The maximum absolute atomic E-state index is 11.0. The highest BCUT2D eigenvalue weighted by atomic mass is 16.6. The quantitative estimate of drug-likeness (QED) is 0.606. The fourth-order valence-electron chi connectivity index (χ4n) is 2.84. The number of rotatable bonds is 7. The van der Waals surface area contributed by atoms with Gasteiger partial charge in [-0.1, -0.05) is 0 Å². The molecule has 0 bridgehead atoms. The van der Waals surface area contributed by atoms with Gasteiger partial charge in [-0.25, -0.2) is 0 Å². The summed E-state index contributed by atoms with van der Waals surface area (Å²) in [7, 11) is 0. The molecule has 3 atom stereocenters. The summed E-state index contributed by atoms with van der Waals surface area (Å²) in [6.07, 6.45) is 1.48. The van der Waals surface area contributed by atoms with E-state index in [2.05, 4.69) is 5.32 Å². The van der Waals surface area contributed by atoms with E-state index < -0.39 is 18.3 Å². The summed E-state index contributed by atoms with van der Waals surface area (Å²) in [4.78, 5) is 32.5. The van der Waals surface area contributed by atoms with Crippen molar-refractivity contribution in [2.24, 2.45) is 0 Å². The highest BCUT2D eigenvalue weighted by Gasteiger charge is 2.36. The van der Waals surface area contributed by atoms with E-state index in [4.69, 9.17) is 14.2 Å². The first-order valence-corrected chi connectivity index (χ1v) is 7.86. The van der Waals surface area contributed by atoms with Crippen molar-refractivity contribution in [3.8, 4) is 5.75 Å². The average Bonchev–Trinajstić information content (AvgIpc) is 2.73. The van der Waals surface area contributed by atoms with Crippen LogP contribution >= 0.6 is 0 Å². The van der Waals surface area contributed by atoms with Gasteiger partial charge in [-0.15, -0.1) is 0 Å². The second-order valence-corrected chi connectivity index (χ2v) is 5.61. The standard InChI is InChI=1S/C17H21NO6/c1-12(21)18-13-6-8-14(9-7-13)24-16-5-3-2-4-15(22-10-19)17(16)23-11-20/h6-11,15-17H,2-5H2,1H3,(H,18,21). The molecule has 1 aromatic rings. The lowest BCUT2D eigenvalue weighted by Crippen LogP contribution is -2.42. The summed E-state index contributed by atoms with van der Waals surface area (Å²) >= 11 is 0. The smallest absolute Gasteiger partial charge is 0.293 e. The number of hydrogen-bond donors (Lipinski definition) is 1. The van der Waals surface area contributed by atoms with Gasteiger partial charge in [0.15, 0.2) is 6.10 Å². The molecule has 130 valence electrons. The Hall–Kier alpha value is -2.57. The van der Waals surface area contributed by atoms with Crippen LogP contribution < -0.4 is 10.1 Å². The van der Waals surface area contributed by atoms with Crippen LogP contribution in [0.1, 0.15) is 32.6 Å². The maximum Gasteiger partial charge on any atom is 0.293 e. The number of hydrogen-bond acceptors (Lipinski definition) is 6. The van der Waals surface area contributed by atoms with E-state index in [1.54, 1.807) is 24.3 Å². The molecule has 0 saturated heterocycles. The van der Waals surface area contributed by atoms with Crippen LogP contribution in [0.4, 0.5) is 5.69 Å². The number of ether oxygens (including phenoxy) is 3. The molecule has 1 fully saturated rings. The molecule has 1 saturated carbocycles. The molecule has 0 aliphatic heterocycles. The van der Waals surface area contributed by atoms with E-state index >= 15 is 0 Å². The topological polar surface area (TPSA) is 90.9 Å². The summed E-state index contributed by atoms with van der Waals surface area (Å²) < 4.78 is 16.2. The Morgan fingerprint density at radius 1 is 1.04 bits per heavy atom. The number of anilines is 1. The zero-order chi connectivity index (χ0) is 17.4. The van der Waals surface area contributed by atoms with Crippen LogP contribution in [0.3, 0.4) is 0 Å². The van der Waals surface area contributed by atoms with Gasteiger partial charge in [0.05, 0.1) is 0 Å². The summed E-state index contributed by atoms with van der Waals surface area (Å²) in [5.74, 6) is 0.432. The molecule has 1 amide bonds. The third kappa shape index (κ3) is 4.97. The van der Waals surface area contributed by atoms with Gasteiger partial charge in [0.25, 0.3) is 12.9 Å². The van der Waals surface area contributed by atoms with Crippen molar-refractivity contribution in [3.05, 3.63) is 24.3 Å². The Kier molecular flexibility index (Phi) is 6.60. The van der Waals surface area contributed by atoms with Crippen LogP contribution in [0, 0.1) is 0 Å². The first-order chi connectivity index (χ1) is 11.6. The lowest BCUT2D eigenvalue weighted by molar-refractivity contribution is -0.158. The van der Waals surface area contributed by atoms with Crippen LogP contribution in [0.25, 0.3) is 0 Å². The minimum absolute atomic E-state index is 0.152. The fraction of sp³-hybridized carbons (Fsp3) is 0.471. The van der Waals surface area contributed by atoms with E-state index in [9.17, 15) is 14.4 Å². The minimum atomic E-state index is -0.648. The Labute approximate surface area is 140 Å². The Morgan fingerprint density at radius 2 is 1.67 bits per heavy atom. The Morgan fingerprint density at radius 3 is 2.25 bits per heavy atom. The monoisotopic (exact) mass is 335 g/mol. The van der Waals surface area contributed by atoms with Gasteiger partial charge in [-0.05, 0) is 49.9 Å². The number of amides is 1. The van der Waals surface area contributed by atoms with Gasteiger partial charge >= 0.3 is 0 Å². The number of carbonyl (C=O) groups excluding carboxylic acids is 3. The van der Waals surface area contributed by atoms with Crippen LogP contribution in [0.15, 0.2) is 24.3 Å². The summed E-state index contributed by atoms with van der Waals surface area (Å²) in [5, 5.41) is 2.67. The van der Waals surface area contributed by atoms with Crippen molar-refractivity contribution in [1.29, 1.82) is 0 Å². The molecule has 7 heteroatoms. The van der Waals surface area contributed by atoms with Crippen LogP contribution in [-0.4, -0.2) is 37.2 Å². The second kappa shape index (κ2) is 8.90. The molecule has 2 rings (SSSR count). The van der Waals surface area contributed by atoms with Crippen molar-refractivity contribution >= 4 is 24.5 Å². The SMILES string of the molecule is CC(=O)Nc1ccc(OC2CCCCC(OC=O)C2OC=O)cc1. The van der Waals surface area contributed by atoms with Crippen LogP contribution in [-0.2, 0) is 23.9 Å². The van der Waals surface area contributed by atoms with E-state index in [0.29, 0.717) is 37.2 Å². The van der Waals surface area contributed by atoms with Gasteiger partial charge in [0, 0.05) is 12.6 Å². The number of benzene rings is 1. The van der Waals surface area contributed by atoms with Crippen LogP contribution in [0.5, 0.6) is 5.75 Å². The van der Waals surface area contributed by atoms with Gasteiger partial charge in [0.1, 0.15) is 18.0 Å². The van der Waals surface area contributed by atoms with E-state index in [1.165, 1.54) is 6.92 Å². The number of carbonyl (C=O) groups is 3. The lowest BCUT2D eigenvalue weighted by atomic mass is 10.1. The molecule has 1 aliphatic carbocycles. The third-order valence-corrected chi connectivity index (χ3v) is 3.87. The van der Waals surface area contributed by atoms with Crippen molar-refractivity contribution in [1.82, 2.24) is 0 Å². The molecule has 0 radical (unpaired) electrons. The first kappa shape index (κ1) is 17.8. The molecule has 0 heterocycles. The predicted octanol–water partition coefficient (Wildman–Crippen LogP) is 2.05. The lowest BCUT2D eigenvalue weighted by Gasteiger charge is -2.29. The second-order valence-electron chi connectivity index (χ2n) is 5.61. The largest absolute Gasteiger partial charge is 0.486 e. The molecule has 24 heavy (non-hydrogen) atoms. The molecule has 3 unspecified atom stereocenters. The minimum Gasteiger partial charge on any atom is -0.486 e. The maximum atomic E-state index is 11.0. The van der Waals surface area contributed by atoms with Gasteiger partial charge < -0.3 is 19.5 Å². The van der Waals surface area contributed by atoms with Crippen molar-refractivity contribution in [3.63, 3.8) is 0 Å². The van der Waals surface area contributed by atoms with E-state index in [1.807, 2.05) is 0 Å². The Bertz CT molecular complexity index is 559. The molecule has 0 aromatic heterocycles. The highest BCUT2D eigenvalue weighted by Crippen LogP contribution is 2.27. The van der Waals surface area contributed by atoms with Crippen molar-refractivity contribution in [2.75, 3.05) is 5.32 Å². The Balaban J connectivity index is 2.10. The molecular weight excluding hydrogens is 314 g/mol.